The number of methoxy groups -OCH3 is 1. The molecule has 128 valence electrons. The van der Waals surface area contributed by atoms with Gasteiger partial charge in [0.15, 0.2) is 0 Å². The fourth-order valence-electron chi connectivity index (χ4n) is 3.41. The molecule has 5 heteroatoms. The Morgan fingerprint density at radius 3 is 2.92 bits per heavy atom. The molecular weight excluding hydrogens is 322 g/mol. The summed E-state index contributed by atoms with van der Waals surface area (Å²) in [6.07, 6.45) is 1.68. The number of likely N-dealkylation sites (tertiary alicyclic amines) is 1. The van der Waals surface area contributed by atoms with E-state index in [0.29, 0.717) is 6.54 Å². The quantitative estimate of drug-likeness (QED) is 0.891. The smallest absolute Gasteiger partial charge is 0.307 e. The number of hydrogen-bond acceptors (Lipinski definition) is 4. The zero-order valence-electron chi connectivity index (χ0n) is 14.1. The first-order valence-electron chi connectivity index (χ1n) is 8.24. The van der Waals surface area contributed by atoms with Crippen molar-refractivity contribution in [3.05, 3.63) is 51.7 Å². The summed E-state index contributed by atoms with van der Waals surface area (Å²) in [6, 6.07) is 10.4. The Balaban J connectivity index is 1.97. The summed E-state index contributed by atoms with van der Waals surface area (Å²) < 4.78 is 5.38. The number of carbonyl (C=O) groups is 1. The fourth-order valence-corrected chi connectivity index (χ4v) is 4.46. The standard InChI is InChI=1S/C19H23NO3S/c1-13-9-17(24-12-13)18(14-5-3-7-16(10-14)23-2)20-8-4-6-15(11-20)19(21)22/h3,5,7,9-10,12,15,18H,4,6,8,11H2,1-2H3,(H,21,22). The van der Waals surface area contributed by atoms with E-state index in [4.69, 9.17) is 4.74 Å². The molecule has 0 bridgehead atoms. The van der Waals surface area contributed by atoms with Crippen LogP contribution >= 0.6 is 11.3 Å². The van der Waals surface area contributed by atoms with E-state index in [1.54, 1.807) is 18.4 Å². The van der Waals surface area contributed by atoms with Crippen LogP contribution in [-0.2, 0) is 4.79 Å². The van der Waals surface area contributed by atoms with E-state index in [2.05, 4.69) is 35.4 Å². The average Bonchev–Trinajstić information content (AvgIpc) is 3.01. The first-order chi connectivity index (χ1) is 11.6. The molecule has 0 spiro atoms. The summed E-state index contributed by atoms with van der Waals surface area (Å²) in [4.78, 5) is 15.0. The Labute approximate surface area is 146 Å². The van der Waals surface area contributed by atoms with Crippen molar-refractivity contribution in [1.82, 2.24) is 4.90 Å². The molecule has 2 heterocycles. The highest BCUT2D eigenvalue weighted by Gasteiger charge is 2.32. The molecule has 4 nitrogen and oxygen atoms in total. The van der Waals surface area contributed by atoms with Crippen molar-refractivity contribution in [3.8, 4) is 5.75 Å². The molecule has 24 heavy (non-hydrogen) atoms. The summed E-state index contributed by atoms with van der Waals surface area (Å²) in [6.45, 7) is 3.61. The van der Waals surface area contributed by atoms with E-state index in [9.17, 15) is 9.90 Å². The van der Waals surface area contributed by atoms with Crippen molar-refractivity contribution < 1.29 is 14.6 Å². The van der Waals surface area contributed by atoms with Gasteiger partial charge < -0.3 is 9.84 Å². The molecule has 1 aromatic carbocycles. The molecule has 3 rings (SSSR count). The molecule has 1 aromatic heterocycles. The van der Waals surface area contributed by atoms with Crippen LogP contribution in [0.25, 0.3) is 0 Å². The first kappa shape index (κ1) is 17.0. The van der Waals surface area contributed by atoms with Gasteiger partial charge in [0.05, 0.1) is 19.1 Å². The highest BCUT2D eigenvalue weighted by Crippen LogP contribution is 2.36. The monoisotopic (exact) mass is 345 g/mol. The van der Waals surface area contributed by atoms with E-state index in [0.717, 1.165) is 30.7 Å². The molecule has 1 aliphatic heterocycles. The number of rotatable bonds is 5. The number of ether oxygens (including phenoxy) is 1. The van der Waals surface area contributed by atoms with Gasteiger partial charge in [0.25, 0.3) is 0 Å². The molecule has 0 saturated carbocycles. The van der Waals surface area contributed by atoms with E-state index in [-0.39, 0.29) is 12.0 Å². The van der Waals surface area contributed by atoms with Gasteiger partial charge in [-0.25, -0.2) is 0 Å². The van der Waals surface area contributed by atoms with Crippen LogP contribution in [-0.4, -0.2) is 36.2 Å². The second-order valence-corrected chi connectivity index (χ2v) is 7.32. The van der Waals surface area contributed by atoms with Gasteiger partial charge in [0, 0.05) is 11.4 Å². The van der Waals surface area contributed by atoms with Crippen molar-refractivity contribution in [2.24, 2.45) is 5.92 Å². The maximum Gasteiger partial charge on any atom is 0.307 e. The fraction of sp³-hybridized carbons (Fsp3) is 0.421. The number of aliphatic carboxylic acids is 1. The summed E-state index contributed by atoms with van der Waals surface area (Å²) in [5.74, 6) is -0.142. The lowest BCUT2D eigenvalue weighted by Crippen LogP contribution is -2.41. The topological polar surface area (TPSA) is 49.8 Å². The molecule has 2 unspecified atom stereocenters. The van der Waals surface area contributed by atoms with E-state index in [1.165, 1.54) is 10.4 Å². The van der Waals surface area contributed by atoms with Crippen LogP contribution < -0.4 is 4.74 Å². The molecule has 0 radical (unpaired) electrons. The highest BCUT2D eigenvalue weighted by atomic mass is 32.1. The van der Waals surface area contributed by atoms with Gasteiger partial charge in [-0.3, -0.25) is 9.69 Å². The summed E-state index contributed by atoms with van der Waals surface area (Å²) >= 11 is 1.74. The Morgan fingerprint density at radius 1 is 1.42 bits per heavy atom. The first-order valence-corrected chi connectivity index (χ1v) is 9.12. The number of benzene rings is 1. The van der Waals surface area contributed by atoms with E-state index >= 15 is 0 Å². The van der Waals surface area contributed by atoms with E-state index < -0.39 is 5.97 Å². The molecule has 0 amide bonds. The summed E-state index contributed by atoms with van der Waals surface area (Å²) in [5.41, 5.74) is 2.40. The van der Waals surface area contributed by atoms with Gasteiger partial charge in [-0.05, 0) is 61.0 Å². The maximum absolute atomic E-state index is 11.5. The minimum Gasteiger partial charge on any atom is -0.497 e. The Kier molecular flexibility index (Phi) is 5.21. The molecular formula is C19H23NO3S. The van der Waals surface area contributed by atoms with Crippen LogP contribution in [0.2, 0.25) is 0 Å². The van der Waals surface area contributed by atoms with Gasteiger partial charge in [-0.2, -0.15) is 0 Å². The number of piperidine rings is 1. The van der Waals surface area contributed by atoms with Gasteiger partial charge in [-0.15, -0.1) is 11.3 Å². The highest BCUT2D eigenvalue weighted by molar-refractivity contribution is 7.10. The largest absolute Gasteiger partial charge is 0.497 e. The van der Waals surface area contributed by atoms with Crippen LogP contribution in [0.1, 0.15) is 34.9 Å². The lowest BCUT2D eigenvalue weighted by molar-refractivity contribution is -0.143. The normalized spacial score (nSPS) is 19.8. The third kappa shape index (κ3) is 3.62. The Bertz CT molecular complexity index is 712. The minimum absolute atomic E-state index is 0.0842. The van der Waals surface area contributed by atoms with Crippen molar-refractivity contribution >= 4 is 17.3 Å². The van der Waals surface area contributed by atoms with Gasteiger partial charge in [0.1, 0.15) is 5.75 Å². The van der Waals surface area contributed by atoms with Crippen LogP contribution in [0.4, 0.5) is 0 Å². The lowest BCUT2D eigenvalue weighted by Gasteiger charge is -2.37. The molecule has 1 saturated heterocycles. The molecule has 1 N–H and O–H groups in total. The SMILES string of the molecule is COc1cccc(C(c2cc(C)cs2)N2CCCC(C(=O)O)C2)c1. The van der Waals surface area contributed by atoms with Crippen LogP contribution in [0.3, 0.4) is 0 Å². The average molecular weight is 345 g/mol. The number of thiophene rings is 1. The van der Waals surface area contributed by atoms with Crippen LogP contribution in [0, 0.1) is 12.8 Å². The zero-order valence-corrected chi connectivity index (χ0v) is 14.9. The molecule has 2 aromatic rings. The predicted octanol–water partition coefficient (Wildman–Crippen LogP) is 3.95. The second-order valence-electron chi connectivity index (χ2n) is 6.38. The van der Waals surface area contributed by atoms with Crippen LogP contribution in [0.15, 0.2) is 35.7 Å². The third-order valence-corrected chi connectivity index (χ3v) is 5.70. The van der Waals surface area contributed by atoms with Crippen molar-refractivity contribution in [2.75, 3.05) is 20.2 Å². The van der Waals surface area contributed by atoms with Crippen LogP contribution in [0.5, 0.6) is 5.75 Å². The van der Waals surface area contributed by atoms with Crippen molar-refractivity contribution in [2.45, 2.75) is 25.8 Å². The molecule has 1 aliphatic rings. The van der Waals surface area contributed by atoms with Crippen molar-refractivity contribution in [3.63, 3.8) is 0 Å². The lowest BCUT2D eigenvalue weighted by atomic mass is 9.94. The number of nitrogens with zero attached hydrogens (tertiary/aromatic N) is 1. The molecule has 2 atom stereocenters. The predicted molar refractivity (Wildman–Crippen MR) is 95.8 cm³/mol. The summed E-state index contributed by atoms with van der Waals surface area (Å²) in [5, 5.41) is 11.6. The maximum atomic E-state index is 11.5. The Hall–Kier alpha value is -1.85. The van der Waals surface area contributed by atoms with Gasteiger partial charge >= 0.3 is 5.97 Å². The number of carboxylic acid groups (broad SMARTS) is 1. The summed E-state index contributed by atoms with van der Waals surface area (Å²) in [7, 11) is 1.67. The zero-order chi connectivity index (χ0) is 17.1. The number of hydrogen-bond donors (Lipinski definition) is 1. The third-order valence-electron chi connectivity index (χ3n) is 4.60. The number of aryl methyl sites for hydroxylation is 1. The van der Waals surface area contributed by atoms with Gasteiger partial charge in [0.2, 0.25) is 0 Å². The second kappa shape index (κ2) is 7.36. The van der Waals surface area contributed by atoms with Crippen molar-refractivity contribution in [1.29, 1.82) is 0 Å². The minimum atomic E-state index is -0.688. The Morgan fingerprint density at radius 2 is 2.25 bits per heavy atom. The van der Waals surface area contributed by atoms with E-state index in [1.807, 2.05) is 12.1 Å². The molecule has 0 aliphatic carbocycles. The number of carboxylic acids is 1. The molecule has 1 fully saturated rings. The van der Waals surface area contributed by atoms with Gasteiger partial charge in [-0.1, -0.05) is 12.1 Å².